The summed E-state index contributed by atoms with van der Waals surface area (Å²) >= 11 is 0. The zero-order valence-corrected chi connectivity index (χ0v) is 8.19. The molecule has 0 radical (unpaired) electrons. The van der Waals surface area contributed by atoms with Crippen LogP contribution in [0.1, 0.15) is 23.7 Å². The lowest BCUT2D eigenvalue weighted by atomic mass is 10.1. The summed E-state index contributed by atoms with van der Waals surface area (Å²) in [5.74, 6) is -2.28. The Morgan fingerprint density at radius 3 is 2.67 bits per heavy atom. The maximum absolute atomic E-state index is 11.3. The summed E-state index contributed by atoms with van der Waals surface area (Å²) in [4.78, 5) is 33.3. The van der Waals surface area contributed by atoms with E-state index in [0.717, 1.165) is 0 Å². The Morgan fingerprint density at radius 1 is 1.40 bits per heavy atom. The third-order valence-corrected chi connectivity index (χ3v) is 1.67. The van der Waals surface area contributed by atoms with Crippen LogP contribution in [0.5, 0.6) is 0 Å². The number of hydrogen-bond donors (Lipinski definition) is 0. The number of furan rings is 1. The summed E-state index contributed by atoms with van der Waals surface area (Å²) < 4.78 is 9.13. The van der Waals surface area contributed by atoms with E-state index in [0.29, 0.717) is 0 Å². The van der Waals surface area contributed by atoms with E-state index in [1.165, 1.54) is 18.6 Å². The molecule has 15 heavy (non-hydrogen) atoms. The highest BCUT2D eigenvalue weighted by molar-refractivity contribution is 6.38. The van der Waals surface area contributed by atoms with Crippen LogP contribution in [0.15, 0.2) is 23.0 Å². The number of esters is 1. The number of carbonyl (C=O) groups excluding carboxylic acids is 3. The SMILES string of the molecule is CCOC(=O)C(=O)CC(=O)c1ccoc1. The van der Waals surface area contributed by atoms with E-state index in [4.69, 9.17) is 0 Å². The summed E-state index contributed by atoms with van der Waals surface area (Å²) in [6, 6.07) is 1.43. The topological polar surface area (TPSA) is 73.6 Å². The minimum absolute atomic E-state index is 0.116. The smallest absolute Gasteiger partial charge is 0.375 e. The molecule has 5 heteroatoms. The second kappa shape index (κ2) is 5.09. The third kappa shape index (κ3) is 3.05. The quantitative estimate of drug-likeness (QED) is 0.313. The van der Waals surface area contributed by atoms with Crippen LogP contribution in [0.4, 0.5) is 0 Å². The summed E-state index contributed by atoms with van der Waals surface area (Å²) in [6.45, 7) is 1.70. The number of hydrogen-bond acceptors (Lipinski definition) is 5. The summed E-state index contributed by atoms with van der Waals surface area (Å²) in [7, 11) is 0. The van der Waals surface area contributed by atoms with E-state index >= 15 is 0 Å². The van der Waals surface area contributed by atoms with Crippen molar-refractivity contribution < 1.29 is 23.5 Å². The zero-order valence-electron chi connectivity index (χ0n) is 8.19. The van der Waals surface area contributed by atoms with Gasteiger partial charge in [0.15, 0.2) is 5.78 Å². The largest absolute Gasteiger partial charge is 0.472 e. The predicted octanol–water partition coefficient (Wildman–Crippen LogP) is 0.985. The molecule has 0 fully saturated rings. The first kappa shape index (κ1) is 11.2. The molecule has 0 amide bonds. The van der Waals surface area contributed by atoms with Crippen LogP contribution < -0.4 is 0 Å². The van der Waals surface area contributed by atoms with Gasteiger partial charge in [-0.15, -0.1) is 0 Å². The summed E-state index contributed by atoms with van der Waals surface area (Å²) in [5, 5.41) is 0. The molecule has 0 bridgehead atoms. The van der Waals surface area contributed by atoms with Crippen molar-refractivity contribution >= 4 is 17.5 Å². The van der Waals surface area contributed by atoms with Gasteiger partial charge in [-0.25, -0.2) is 4.79 Å². The van der Waals surface area contributed by atoms with Crippen LogP contribution in [0.2, 0.25) is 0 Å². The number of ketones is 2. The Hall–Kier alpha value is -1.91. The molecule has 0 aromatic carbocycles. The Balaban J connectivity index is 2.52. The lowest BCUT2D eigenvalue weighted by Gasteiger charge is -1.98. The minimum Gasteiger partial charge on any atom is -0.472 e. The van der Waals surface area contributed by atoms with E-state index in [9.17, 15) is 14.4 Å². The highest BCUT2D eigenvalue weighted by Gasteiger charge is 2.20. The van der Waals surface area contributed by atoms with Gasteiger partial charge in [-0.1, -0.05) is 0 Å². The molecule has 0 aliphatic heterocycles. The van der Waals surface area contributed by atoms with E-state index < -0.39 is 24.0 Å². The minimum atomic E-state index is -0.977. The van der Waals surface area contributed by atoms with Crippen molar-refractivity contribution in [1.82, 2.24) is 0 Å². The molecule has 1 aromatic rings. The molecule has 0 saturated heterocycles. The van der Waals surface area contributed by atoms with Crippen molar-refractivity contribution in [2.75, 3.05) is 6.61 Å². The van der Waals surface area contributed by atoms with Gasteiger partial charge in [-0.05, 0) is 13.0 Å². The van der Waals surface area contributed by atoms with Gasteiger partial charge in [0.1, 0.15) is 6.26 Å². The molecule has 5 nitrogen and oxygen atoms in total. The monoisotopic (exact) mass is 210 g/mol. The van der Waals surface area contributed by atoms with Gasteiger partial charge in [0.2, 0.25) is 5.78 Å². The van der Waals surface area contributed by atoms with Crippen LogP contribution in [0.25, 0.3) is 0 Å². The Morgan fingerprint density at radius 2 is 2.13 bits per heavy atom. The molecule has 80 valence electrons. The van der Waals surface area contributed by atoms with E-state index in [1.807, 2.05) is 0 Å². The molecule has 0 atom stereocenters. The first-order valence-electron chi connectivity index (χ1n) is 4.40. The number of ether oxygens (including phenoxy) is 1. The number of Topliss-reactive ketones (excluding diaryl/α,β-unsaturated/α-hetero) is 2. The lowest BCUT2D eigenvalue weighted by Crippen LogP contribution is -2.20. The Labute approximate surface area is 86.0 Å². The van der Waals surface area contributed by atoms with E-state index in [-0.39, 0.29) is 12.2 Å². The standard InChI is InChI=1S/C10H10O5/c1-2-15-10(13)9(12)5-8(11)7-3-4-14-6-7/h3-4,6H,2,5H2,1H3. The highest BCUT2D eigenvalue weighted by Crippen LogP contribution is 2.04. The van der Waals surface area contributed by atoms with E-state index in [2.05, 4.69) is 9.15 Å². The molecule has 0 aliphatic rings. The molecule has 0 aliphatic carbocycles. The molecule has 1 heterocycles. The average molecular weight is 210 g/mol. The molecule has 0 saturated carbocycles. The van der Waals surface area contributed by atoms with Crippen molar-refractivity contribution in [3.8, 4) is 0 Å². The van der Waals surface area contributed by atoms with Crippen molar-refractivity contribution in [2.45, 2.75) is 13.3 Å². The molecule has 1 rings (SSSR count). The van der Waals surface area contributed by atoms with Crippen LogP contribution in [0, 0.1) is 0 Å². The molecule has 1 aromatic heterocycles. The van der Waals surface area contributed by atoms with Gasteiger partial charge >= 0.3 is 5.97 Å². The molecular weight excluding hydrogens is 200 g/mol. The molecular formula is C10H10O5. The Bertz CT molecular complexity index is 363. The van der Waals surface area contributed by atoms with Crippen molar-refractivity contribution in [1.29, 1.82) is 0 Å². The number of rotatable bonds is 5. The second-order valence-corrected chi connectivity index (χ2v) is 2.76. The highest BCUT2D eigenvalue weighted by atomic mass is 16.5. The van der Waals surface area contributed by atoms with Crippen molar-refractivity contribution in [3.05, 3.63) is 24.2 Å². The van der Waals surface area contributed by atoms with Crippen molar-refractivity contribution in [2.24, 2.45) is 0 Å². The zero-order chi connectivity index (χ0) is 11.3. The first-order valence-corrected chi connectivity index (χ1v) is 4.40. The second-order valence-electron chi connectivity index (χ2n) is 2.76. The molecule has 0 spiro atoms. The van der Waals surface area contributed by atoms with E-state index in [1.54, 1.807) is 6.92 Å². The van der Waals surface area contributed by atoms with Crippen LogP contribution in [-0.2, 0) is 14.3 Å². The first-order chi connectivity index (χ1) is 7.15. The van der Waals surface area contributed by atoms with Gasteiger partial charge < -0.3 is 9.15 Å². The average Bonchev–Trinajstić information content (AvgIpc) is 2.70. The summed E-state index contributed by atoms with van der Waals surface area (Å²) in [5.41, 5.74) is 0.271. The van der Waals surface area contributed by atoms with Gasteiger partial charge in [0.25, 0.3) is 0 Å². The van der Waals surface area contributed by atoms with Crippen LogP contribution >= 0.6 is 0 Å². The van der Waals surface area contributed by atoms with Gasteiger partial charge in [-0.3, -0.25) is 9.59 Å². The molecule has 0 unspecified atom stereocenters. The Kier molecular flexibility index (Phi) is 3.79. The van der Waals surface area contributed by atoms with Gasteiger partial charge in [0.05, 0.1) is 24.9 Å². The van der Waals surface area contributed by atoms with Gasteiger partial charge in [0, 0.05) is 0 Å². The predicted molar refractivity (Wildman–Crippen MR) is 49.3 cm³/mol. The fraction of sp³-hybridized carbons (Fsp3) is 0.300. The normalized spacial score (nSPS) is 9.67. The van der Waals surface area contributed by atoms with Crippen LogP contribution in [-0.4, -0.2) is 24.1 Å². The van der Waals surface area contributed by atoms with Crippen LogP contribution in [0.3, 0.4) is 0 Å². The summed E-state index contributed by atoms with van der Waals surface area (Å²) in [6.07, 6.45) is 2.06. The molecule has 0 N–H and O–H groups in total. The van der Waals surface area contributed by atoms with Crippen molar-refractivity contribution in [3.63, 3.8) is 0 Å². The lowest BCUT2D eigenvalue weighted by molar-refractivity contribution is -0.153. The maximum Gasteiger partial charge on any atom is 0.375 e. The fourth-order valence-corrected chi connectivity index (χ4v) is 0.955. The number of carbonyl (C=O) groups is 3. The van der Waals surface area contributed by atoms with Gasteiger partial charge in [-0.2, -0.15) is 0 Å². The fourth-order valence-electron chi connectivity index (χ4n) is 0.955. The third-order valence-electron chi connectivity index (χ3n) is 1.67. The maximum atomic E-state index is 11.3.